The van der Waals surface area contributed by atoms with Gasteiger partial charge in [0.25, 0.3) is 0 Å². The lowest BCUT2D eigenvalue weighted by Gasteiger charge is -2.35. The van der Waals surface area contributed by atoms with Crippen LogP contribution in [-0.4, -0.2) is 73.9 Å². The minimum atomic E-state index is -0.0665. The second-order valence-electron chi connectivity index (χ2n) is 5.29. The summed E-state index contributed by atoms with van der Waals surface area (Å²) in [5.41, 5.74) is 0. The summed E-state index contributed by atoms with van der Waals surface area (Å²) in [5.74, 6) is -0.0665. The molecule has 0 bridgehead atoms. The number of nitrogens with zero attached hydrogens (tertiary/aromatic N) is 2. The van der Waals surface area contributed by atoms with E-state index in [9.17, 15) is 4.79 Å². The molecule has 0 aliphatic carbocycles. The van der Waals surface area contributed by atoms with Gasteiger partial charge in [-0.3, -0.25) is 14.6 Å². The standard InChI is InChI=1S/C14H26N2O3/c1-3-15-8-9-19-12(10-15)11-16-7-5-6-13(16)14(17)18-4-2/h12-13H,3-11H2,1-2H3. The highest BCUT2D eigenvalue weighted by Gasteiger charge is 2.34. The number of hydrogen-bond donors (Lipinski definition) is 0. The third-order valence-electron chi connectivity index (χ3n) is 4.03. The predicted octanol–water partition coefficient (Wildman–Crippen LogP) is 0.735. The molecular formula is C14H26N2O3. The van der Waals surface area contributed by atoms with E-state index in [0.29, 0.717) is 6.61 Å². The van der Waals surface area contributed by atoms with E-state index in [-0.39, 0.29) is 18.1 Å². The zero-order chi connectivity index (χ0) is 13.7. The van der Waals surface area contributed by atoms with Crippen molar-refractivity contribution in [2.45, 2.75) is 38.8 Å². The lowest BCUT2D eigenvalue weighted by molar-refractivity contribution is -0.149. The molecule has 2 fully saturated rings. The molecule has 2 unspecified atom stereocenters. The number of likely N-dealkylation sites (N-methyl/N-ethyl adjacent to an activating group) is 1. The van der Waals surface area contributed by atoms with Gasteiger partial charge in [0.1, 0.15) is 6.04 Å². The molecule has 0 aromatic rings. The molecule has 0 N–H and O–H groups in total. The quantitative estimate of drug-likeness (QED) is 0.689. The van der Waals surface area contributed by atoms with Crippen LogP contribution in [0.15, 0.2) is 0 Å². The molecule has 5 nitrogen and oxygen atoms in total. The average Bonchev–Trinajstić information content (AvgIpc) is 2.87. The summed E-state index contributed by atoms with van der Waals surface area (Å²) in [5, 5.41) is 0. The van der Waals surface area contributed by atoms with Crippen LogP contribution in [0.4, 0.5) is 0 Å². The van der Waals surface area contributed by atoms with Gasteiger partial charge < -0.3 is 9.47 Å². The Morgan fingerprint density at radius 3 is 2.95 bits per heavy atom. The predicted molar refractivity (Wildman–Crippen MR) is 73.1 cm³/mol. The fourth-order valence-corrected chi connectivity index (χ4v) is 2.99. The minimum absolute atomic E-state index is 0.0550. The van der Waals surface area contributed by atoms with Gasteiger partial charge in [-0.05, 0) is 32.9 Å². The van der Waals surface area contributed by atoms with Gasteiger partial charge >= 0.3 is 5.97 Å². The molecule has 0 saturated carbocycles. The van der Waals surface area contributed by atoms with Crippen molar-refractivity contribution in [3.63, 3.8) is 0 Å². The highest BCUT2D eigenvalue weighted by atomic mass is 16.5. The fraction of sp³-hybridized carbons (Fsp3) is 0.929. The Morgan fingerprint density at radius 2 is 2.21 bits per heavy atom. The Balaban J connectivity index is 1.85. The molecule has 0 amide bonds. The zero-order valence-corrected chi connectivity index (χ0v) is 12.1. The summed E-state index contributed by atoms with van der Waals surface area (Å²) in [4.78, 5) is 16.5. The molecule has 0 radical (unpaired) electrons. The highest BCUT2D eigenvalue weighted by molar-refractivity contribution is 5.76. The molecule has 110 valence electrons. The van der Waals surface area contributed by atoms with Crippen molar-refractivity contribution in [1.82, 2.24) is 9.80 Å². The number of esters is 1. The van der Waals surface area contributed by atoms with Gasteiger partial charge in [-0.25, -0.2) is 0 Å². The van der Waals surface area contributed by atoms with Crippen molar-refractivity contribution in [2.75, 3.05) is 45.9 Å². The molecule has 19 heavy (non-hydrogen) atoms. The van der Waals surface area contributed by atoms with Crippen LogP contribution in [0.5, 0.6) is 0 Å². The summed E-state index contributed by atoms with van der Waals surface area (Å²) in [7, 11) is 0. The summed E-state index contributed by atoms with van der Waals surface area (Å²) in [6, 6.07) is -0.0550. The van der Waals surface area contributed by atoms with Gasteiger partial charge in [-0.1, -0.05) is 6.92 Å². The van der Waals surface area contributed by atoms with Crippen LogP contribution >= 0.6 is 0 Å². The normalized spacial score (nSPS) is 29.6. The summed E-state index contributed by atoms with van der Waals surface area (Å²) in [6.07, 6.45) is 2.22. The molecule has 2 rings (SSSR count). The number of hydrogen-bond acceptors (Lipinski definition) is 5. The van der Waals surface area contributed by atoms with Crippen molar-refractivity contribution in [1.29, 1.82) is 0 Å². The van der Waals surface area contributed by atoms with Crippen LogP contribution in [0.3, 0.4) is 0 Å². The van der Waals surface area contributed by atoms with Crippen LogP contribution in [-0.2, 0) is 14.3 Å². The van der Waals surface area contributed by atoms with E-state index in [1.54, 1.807) is 0 Å². The van der Waals surface area contributed by atoms with Crippen molar-refractivity contribution in [3.05, 3.63) is 0 Å². The molecule has 5 heteroatoms. The summed E-state index contributed by atoms with van der Waals surface area (Å²) in [6.45, 7) is 10.2. The average molecular weight is 270 g/mol. The first-order valence-corrected chi connectivity index (χ1v) is 7.49. The van der Waals surface area contributed by atoms with Gasteiger partial charge in [0.2, 0.25) is 0 Å². The lowest BCUT2D eigenvalue weighted by atomic mass is 10.2. The first kappa shape index (κ1) is 14.8. The number of carbonyl (C=O) groups excluding carboxylic acids is 1. The fourth-order valence-electron chi connectivity index (χ4n) is 2.99. The maximum absolute atomic E-state index is 11.9. The Kier molecular flexibility index (Phi) is 5.60. The van der Waals surface area contributed by atoms with E-state index < -0.39 is 0 Å². The van der Waals surface area contributed by atoms with Gasteiger partial charge in [-0.2, -0.15) is 0 Å². The molecule has 2 aliphatic heterocycles. The first-order valence-electron chi connectivity index (χ1n) is 7.49. The van der Waals surface area contributed by atoms with Crippen molar-refractivity contribution >= 4 is 5.97 Å². The minimum Gasteiger partial charge on any atom is -0.465 e. The monoisotopic (exact) mass is 270 g/mol. The van der Waals surface area contributed by atoms with Gasteiger partial charge in [0, 0.05) is 19.6 Å². The van der Waals surface area contributed by atoms with Crippen LogP contribution in [0, 0.1) is 0 Å². The van der Waals surface area contributed by atoms with Crippen LogP contribution in [0.1, 0.15) is 26.7 Å². The molecule has 0 aromatic carbocycles. The number of carbonyl (C=O) groups is 1. The number of ether oxygens (including phenoxy) is 2. The SMILES string of the molecule is CCOC(=O)C1CCCN1CC1CN(CC)CCO1. The highest BCUT2D eigenvalue weighted by Crippen LogP contribution is 2.20. The maximum Gasteiger partial charge on any atom is 0.323 e. The van der Waals surface area contributed by atoms with E-state index in [1.165, 1.54) is 0 Å². The molecule has 2 atom stereocenters. The van der Waals surface area contributed by atoms with Crippen LogP contribution in [0.25, 0.3) is 0 Å². The van der Waals surface area contributed by atoms with E-state index in [1.807, 2.05) is 6.92 Å². The molecule has 2 heterocycles. The Labute approximate surface area is 115 Å². The smallest absolute Gasteiger partial charge is 0.323 e. The topological polar surface area (TPSA) is 42.0 Å². The molecule has 2 saturated heterocycles. The van der Waals surface area contributed by atoms with E-state index in [4.69, 9.17) is 9.47 Å². The van der Waals surface area contributed by atoms with E-state index >= 15 is 0 Å². The maximum atomic E-state index is 11.9. The van der Waals surface area contributed by atoms with Crippen molar-refractivity contribution in [2.24, 2.45) is 0 Å². The Morgan fingerprint density at radius 1 is 1.37 bits per heavy atom. The second kappa shape index (κ2) is 7.22. The number of morpholine rings is 1. The zero-order valence-electron chi connectivity index (χ0n) is 12.1. The summed E-state index contributed by atoms with van der Waals surface area (Å²) >= 11 is 0. The second-order valence-corrected chi connectivity index (χ2v) is 5.29. The molecule has 0 aromatic heterocycles. The van der Waals surface area contributed by atoms with E-state index in [2.05, 4.69) is 16.7 Å². The third kappa shape index (κ3) is 3.91. The lowest BCUT2D eigenvalue weighted by Crippen LogP contribution is -2.49. The van der Waals surface area contributed by atoms with E-state index in [0.717, 1.165) is 52.2 Å². The van der Waals surface area contributed by atoms with Gasteiger partial charge in [0.15, 0.2) is 0 Å². The number of rotatable bonds is 5. The van der Waals surface area contributed by atoms with Crippen molar-refractivity contribution < 1.29 is 14.3 Å². The molecule has 0 spiro atoms. The van der Waals surface area contributed by atoms with Crippen molar-refractivity contribution in [3.8, 4) is 0 Å². The molecule has 2 aliphatic rings. The summed E-state index contributed by atoms with van der Waals surface area (Å²) < 4.78 is 11.0. The van der Waals surface area contributed by atoms with Crippen LogP contribution in [0.2, 0.25) is 0 Å². The Hall–Kier alpha value is -0.650. The van der Waals surface area contributed by atoms with Crippen LogP contribution < -0.4 is 0 Å². The third-order valence-corrected chi connectivity index (χ3v) is 4.03. The van der Waals surface area contributed by atoms with Gasteiger partial charge in [0.05, 0.1) is 19.3 Å². The number of likely N-dealkylation sites (tertiary alicyclic amines) is 1. The van der Waals surface area contributed by atoms with Gasteiger partial charge in [-0.15, -0.1) is 0 Å². The Bertz CT molecular complexity index is 298. The molecular weight excluding hydrogens is 244 g/mol. The first-order chi connectivity index (χ1) is 9.24. The largest absolute Gasteiger partial charge is 0.465 e.